The molecule has 2 nitrogen and oxygen atoms in total. The van der Waals surface area contributed by atoms with Crippen molar-refractivity contribution in [2.75, 3.05) is 0 Å². The van der Waals surface area contributed by atoms with Crippen molar-refractivity contribution < 1.29 is 9.53 Å². The van der Waals surface area contributed by atoms with Gasteiger partial charge >= 0.3 is 5.97 Å². The van der Waals surface area contributed by atoms with E-state index in [4.69, 9.17) is 4.74 Å². The van der Waals surface area contributed by atoms with Gasteiger partial charge in [-0.05, 0) is 57.3 Å². The molecule has 0 heterocycles. The Labute approximate surface area is 119 Å². The molecule has 1 fully saturated rings. The number of hydrogen-bond donors (Lipinski definition) is 0. The maximum atomic E-state index is 12.4. The van der Waals surface area contributed by atoms with Crippen LogP contribution < -0.4 is 0 Å². The summed E-state index contributed by atoms with van der Waals surface area (Å²) in [4.78, 5) is 12.4. The number of esters is 1. The van der Waals surface area contributed by atoms with Gasteiger partial charge in [-0.3, -0.25) is 4.79 Å². The van der Waals surface area contributed by atoms with Crippen molar-refractivity contribution in [1.82, 2.24) is 0 Å². The average molecular weight is 268 g/mol. The van der Waals surface area contributed by atoms with Gasteiger partial charge in [0.25, 0.3) is 0 Å². The summed E-state index contributed by atoms with van der Waals surface area (Å²) in [5.41, 5.74) is -0.587. The highest BCUT2D eigenvalue weighted by atomic mass is 16.6. The molecule has 0 saturated heterocycles. The summed E-state index contributed by atoms with van der Waals surface area (Å²) in [6.07, 6.45) is 4.08. The first-order valence-corrected chi connectivity index (χ1v) is 7.88. The smallest absolute Gasteiger partial charge is 0.312 e. The van der Waals surface area contributed by atoms with E-state index in [1.54, 1.807) is 0 Å². The maximum Gasteiger partial charge on any atom is 0.312 e. The summed E-state index contributed by atoms with van der Waals surface area (Å²) in [5, 5.41) is 0. The van der Waals surface area contributed by atoms with E-state index in [9.17, 15) is 4.79 Å². The van der Waals surface area contributed by atoms with E-state index >= 15 is 0 Å². The molecule has 0 aromatic carbocycles. The Morgan fingerprint density at radius 3 is 2.26 bits per heavy atom. The molecule has 1 aliphatic rings. The molecule has 1 saturated carbocycles. The third-order valence-corrected chi connectivity index (χ3v) is 5.27. The zero-order valence-electron chi connectivity index (χ0n) is 13.9. The summed E-state index contributed by atoms with van der Waals surface area (Å²) >= 11 is 0. The van der Waals surface area contributed by atoms with Crippen molar-refractivity contribution in [3.8, 4) is 0 Å². The van der Waals surface area contributed by atoms with Gasteiger partial charge < -0.3 is 4.74 Å². The zero-order valence-corrected chi connectivity index (χ0v) is 13.9. The van der Waals surface area contributed by atoms with Crippen LogP contribution in [0.2, 0.25) is 0 Å². The monoisotopic (exact) mass is 268 g/mol. The maximum absolute atomic E-state index is 12.4. The van der Waals surface area contributed by atoms with Crippen molar-refractivity contribution in [2.24, 2.45) is 23.2 Å². The first-order valence-electron chi connectivity index (χ1n) is 7.88. The lowest BCUT2D eigenvalue weighted by Crippen LogP contribution is -2.42. The molecule has 0 aromatic rings. The van der Waals surface area contributed by atoms with Gasteiger partial charge in [0, 0.05) is 0 Å². The van der Waals surface area contributed by atoms with Crippen molar-refractivity contribution >= 4 is 5.97 Å². The molecule has 2 unspecified atom stereocenters. The molecular weight excluding hydrogens is 236 g/mol. The van der Waals surface area contributed by atoms with E-state index in [0.717, 1.165) is 19.3 Å². The molecular formula is C17H32O2. The van der Waals surface area contributed by atoms with E-state index in [0.29, 0.717) is 17.8 Å². The summed E-state index contributed by atoms with van der Waals surface area (Å²) in [6, 6.07) is 0. The number of carbonyl (C=O) groups excluding carboxylic acids is 1. The fourth-order valence-electron chi connectivity index (χ4n) is 2.85. The van der Waals surface area contributed by atoms with E-state index in [-0.39, 0.29) is 17.0 Å². The Kier molecular flexibility index (Phi) is 5.08. The Balaban J connectivity index is 2.83. The Morgan fingerprint density at radius 1 is 1.32 bits per heavy atom. The van der Waals surface area contributed by atoms with E-state index < -0.39 is 0 Å². The topological polar surface area (TPSA) is 26.3 Å². The summed E-state index contributed by atoms with van der Waals surface area (Å²) in [5.74, 6) is 1.75. The zero-order chi connectivity index (χ0) is 14.8. The second kappa shape index (κ2) is 5.85. The minimum atomic E-state index is -0.363. The normalized spacial score (nSPS) is 28.2. The van der Waals surface area contributed by atoms with Crippen LogP contribution in [0.25, 0.3) is 0 Å². The summed E-state index contributed by atoms with van der Waals surface area (Å²) in [6.45, 7) is 15.0. The van der Waals surface area contributed by atoms with Crippen LogP contribution in [-0.2, 0) is 9.53 Å². The fourth-order valence-corrected chi connectivity index (χ4v) is 2.85. The third-order valence-electron chi connectivity index (χ3n) is 5.27. The van der Waals surface area contributed by atoms with Crippen LogP contribution >= 0.6 is 0 Å². The van der Waals surface area contributed by atoms with E-state index in [1.807, 2.05) is 13.8 Å². The predicted molar refractivity (Wildman–Crippen MR) is 79.9 cm³/mol. The first kappa shape index (κ1) is 16.5. The lowest BCUT2D eigenvalue weighted by atomic mass is 9.84. The summed E-state index contributed by atoms with van der Waals surface area (Å²) in [7, 11) is 0. The molecule has 2 atom stereocenters. The van der Waals surface area contributed by atoms with Gasteiger partial charge in [-0.2, -0.15) is 0 Å². The number of rotatable bonds is 5. The molecule has 0 amide bonds. The van der Waals surface area contributed by atoms with Gasteiger partial charge in [0.2, 0.25) is 0 Å². The van der Waals surface area contributed by atoms with Gasteiger partial charge in [-0.15, -0.1) is 0 Å². The molecule has 0 N–H and O–H groups in total. The van der Waals surface area contributed by atoms with Gasteiger partial charge in [0.1, 0.15) is 5.60 Å². The quantitative estimate of drug-likeness (QED) is 0.668. The van der Waals surface area contributed by atoms with Crippen molar-refractivity contribution in [3.05, 3.63) is 0 Å². The van der Waals surface area contributed by atoms with E-state index in [1.165, 1.54) is 6.42 Å². The second-order valence-electron chi connectivity index (χ2n) is 7.59. The third kappa shape index (κ3) is 3.52. The molecule has 1 rings (SSSR count). The number of carbonyl (C=O) groups is 1. The highest BCUT2D eigenvalue weighted by Crippen LogP contribution is 2.46. The largest absolute Gasteiger partial charge is 0.458 e. The van der Waals surface area contributed by atoms with Gasteiger partial charge in [0.15, 0.2) is 0 Å². The summed E-state index contributed by atoms with van der Waals surface area (Å²) < 4.78 is 6.06. The van der Waals surface area contributed by atoms with E-state index in [2.05, 4.69) is 34.6 Å². The second-order valence-corrected chi connectivity index (χ2v) is 7.59. The average Bonchev–Trinajstić information content (AvgIpc) is 2.74. The molecule has 0 radical (unpaired) electrons. The molecule has 0 spiro atoms. The van der Waals surface area contributed by atoms with Gasteiger partial charge in [-0.25, -0.2) is 0 Å². The minimum Gasteiger partial charge on any atom is -0.458 e. The van der Waals surface area contributed by atoms with Crippen LogP contribution in [0, 0.1) is 23.2 Å². The lowest BCUT2D eigenvalue weighted by molar-refractivity contribution is -0.176. The van der Waals surface area contributed by atoms with Crippen LogP contribution in [-0.4, -0.2) is 11.6 Å². The SMILES string of the molecule is CCC(C)(C)C(=O)OC1(C(C)C)CCC(C(C)C)C1. The number of ether oxygens (including phenoxy) is 1. The van der Waals surface area contributed by atoms with Crippen LogP contribution in [0.1, 0.15) is 74.1 Å². The molecule has 1 aliphatic carbocycles. The van der Waals surface area contributed by atoms with Gasteiger partial charge in [-0.1, -0.05) is 34.6 Å². The molecule has 0 aromatic heterocycles. The Hall–Kier alpha value is -0.530. The lowest BCUT2D eigenvalue weighted by Gasteiger charge is -2.37. The molecule has 2 heteroatoms. The Bertz CT molecular complexity index is 317. The number of hydrogen-bond acceptors (Lipinski definition) is 2. The fraction of sp³-hybridized carbons (Fsp3) is 0.941. The van der Waals surface area contributed by atoms with Crippen molar-refractivity contribution in [2.45, 2.75) is 79.8 Å². The first-order chi connectivity index (χ1) is 8.64. The molecule has 19 heavy (non-hydrogen) atoms. The van der Waals surface area contributed by atoms with Crippen LogP contribution in [0.4, 0.5) is 0 Å². The van der Waals surface area contributed by atoms with Gasteiger partial charge in [0.05, 0.1) is 5.41 Å². The van der Waals surface area contributed by atoms with Crippen LogP contribution in [0.5, 0.6) is 0 Å². The van der Waals surface area contributed by atoms with Crippen molar-refractivity contribution in [3.63, 3.8) is 0 Å². The van der Waals surface area contributed by atoms with Crippen molar-refractivity contribution in [1.29, 1.82) is 0 Å². The molecule has 0 bridgehead atoms. The molecule has 0 aliphatic heterocycles. The highest BCUT2D eigenvalue weighted by molar-refractivity contribution is 5.76. The van der Waals surface area contributed by atoms with Crippen LogP contribution in [0.3, 0.4) is 0 Å². The highest BCUT2D eigenvalue weighted by Gasteiger charge is 2.47. The molecule has 112 valence electrons. The Morgan fingerprint density at radius 2 is 1.89 bits per heavy atom. The standard InChI is InChI=1S/C17H32O2/c1-8-16(6,7)15(18)19-17(13(4)5)10-9-14(11-17)12(2)3/h12-14H,8-11H2,1-7H3. The van der Waals surface area contributed by atoms with Crippen LogP contribution in [0.15, 0.2) is 0 Å². The minimum absolute atomic E-state index is 0.0203. The predicted octanol–water partition coefficient (Wildman–Crippen LogP) is 4.82.